The molecule has 3 N–H and O–H groups in total. The molecule has 0 aromatic carbocycles. The van der Waals surface area contributed by atoms with E-state index in [0.717, 1.165) is 3.57 Å². The lowest BCUT2D eigenvalue weighted by Gasteiger charge is -1.98. The van der Waals surface area contributed by atoms with Gasteiger partial charge in [-0.2, -0.15) is 0 Å². The van der Waals surface area contributed by atoms with Crippen LogP contribution >= 0.6 is 22.6 Å². The van der Waals surface area contributed by atoms with Crippen LogP contribution in [0.5, 0.6) is 0 Å². The van der Waals surface area contributed by atoms with E-state index in [2.05, 4.69) is 32.9 Å². The average molecular weight is 263 g/mol. The fourth-order valence-electron chi connectivity index (χ4n) is 0.576. The van der Waals surface area contributed by atoms with Gasteiger partial charge in [-0.25, -0.2) is 9.78 Å². The predicted molar refractivity (Wildman–Crippen MR) is 50.2 cm³/mol. The fraction of sp³-hybridized carbons (Fsp3) is 0. The predicted octanol–water partition coefficient (Wildman–Crippen LogP) is 1.18. The third-order valence-corrected chi connectivity index (χ3v) is 1.62. The van der Waals surface area contributed by atoms with Crippen molar-refractivity contribution in [2.24, 2.45) is 5.73 Å². The van der Waals surface area contributed by atoms with Gasteiger partial charge in [-0.05, 0) is 34.7 Å². The number of amides is 2. The largest absolute Gasteiger partial charge is 0.351 e. The second-order valence-corrected chi connectivity index (χ2v) is 3.10. The van der Waals surface area contributed by atoms with Crippen LogP contribution in [0.2, 0.25) is 0 Å². The second kappa shape index (κ2) is 3.51. The first-order valence-corrected chi connectivity index (χ1v) is 3.94. The fourth-order valence-corrected chi connectivity index (χ4v) is 0.895. The molecule has 0 aliphatic carbocycles. The van der Waals surface area contributed by atoms with Crippen molar-refractivity contribution in [3.8, 4) is 0 Å². The van der Waals surface area contributed by atoms with Crippen LogP contribution < -0.4 is 11.1 Å². The summed E-state index contributed by atoms with van der Waals surface area (Å²) in [6.45, 7) is 0. The number of nitrogens with one attached hydrogen (secondary N) is 1. The molecule has 0 radical (unpaired) electrons. The summed E-state index contributed by atoms with van der Waals surface area (Å²) in [4.78, 5) is 14.2. The Balaban J connectivity index is 2.74. The third-order valence-electron chi connectivity index (χ3n) is 0.979. The number of anilines is 1. The molecule has 0 saturated carbocycles. The molecule has 2 amide bonds. The maximum atomic E-state index is 10.3. The second-order valence-electron chi connectivity index (χ2n) is 1.85. The molecular weight excluding hydrogens is 257 g/mol. The number of primary amides is 1. The van der Waals surface area contributed by atoms with Crippen LogP contribution in [0.25, 0.3) is 0 Å². The van der Waals surface area contributed by atoms with Gasteiger partial charge in [-0.3, -0.25) is 5.32 Å². The summed E-state index contributed by atoms with van der Waals surface area (Å²) in [6.07, 6.45) is 1.64. The topological polar surface area (TPSA) is 68.0 Å². The van der Waals surface area contributed by atoms with Crippen LogP contribution in [0.15, 0.2) is 18.3 Å². The highest BCUT2D eigenvalue weighted by molar-refractivity contribution is 14.1. The van der Waals surface area contributed by atoms with Crippen molar-refractivity contribution in [1.29, 1.82) is 0 Å². The Morgan fingerprint density at radius 1 is 1.64 bits per heavy atom. The summed E-state index contributed by atoms with van der Waals surface area (Å²) in [5.41, 5.74) is 4.87. The minimum atomic E-state index is -0.598. The first-order chi connectivity index (χ1) is 5.18. The molecule has 5 heteroatoms. The molecule has 4 nitrogen and oxygen atoms in total. The van der Waals surface area contributed by atoms with Gasteiger partial charge in [0.2, 0.25) is 0 Å². The van der Waals surface area contributed by atoms with Gasteiger partial charge >= 0.3 is 6.03 Å². The molecule has 1 aromatic rings. The minimum Gasteiger partial charge on any atom is -0.351 e. The van der Waals surface area contributed by atoms with Crippen molar-refractivity contribution in [3.05, 3.63) is 21.9 Å². The van der Waals surface area contributed by atoms with Gasteiger partial charge in [0.25, 0.3) is 0 Å². The van der Waals surface area contributed by atoms with Gasteiger partial charge in [0, 0.05) is 9.77 Å². The molecule has 58 valence electrons. The molecule has 1 heterocycles. The van der Waals surface area contributed by atoms with E-state index < -0.39 is 6.03 Å². The van der Waals surface area contributed by atoms with Crippen LogP contribution in [0.4, 0.5) is 10.6 Å². The van der Waals surface area contributed by atoms with Crippen molar-refractivity contribution in [2.75, 3.05) is 5.32 Å². The first kappa shape index (κ1) is 8.25. The number of carbonyl (C=O) groups excluding carboxylic acids is 1. The zero-order valence-corrected chi connectivity index (χ0v) is 7.70. The van der Waals surface area contributed by atoms with Gasteiger partial charge in [0.15, 0.2) is 0 Å². The zero-order chi connectivity index (χ0) is 8.27. The number of nitrogens with two attached hydrogens (primary N) is 1. The molecule has 0 spiro atoms. The number of aromatic nitrogens is 1. The molecule has 0 atom stereocenters. The standard InChI is InChI=1S/C6H6IN3O/c7-4-1-2-5(9-3-4)10-6(8)11/h1-3H,(H3,8,9,10,11). The summed E-state index contributed by atoms with van der Waals surface area (Å²) < 4.78 is 1.01. The van der Waals surface area contributed by atoms with E-state index in [0.29, 0.717) is 5.82 Å². The SMILES string of the molecule is NC(=O)Nc1ccc(I)cn1. The van der Waals surface area contributed by atoms with Crippen molar-refractivity contribution in [3.63, 3.8) is 0 Å². The average Bonchev–Trinajstić information content (AvgIpc) is 1.93. The normalized spacial score (nSPS) is 9.18. The Kier molecular flexibility index (Phi) is 2.64. The third kappa shape index (κ3) is 2.71. The lowest BCUT2D eigenvalue weighted by atomic mass is 10.5. The molecule has 0 aliphatic heterocycles. The first-order valence-electron chi connectivity index (χ1n) is 2.86. The molecule has 0 bridgehead atoms. The van der Waals surface area contributed by atoms with Gasteiger partial charge in [0.05, 0.1) is 0 Å². The number of halogens is 1. The highest BCUT2D eigenvalue weighted by Gasteiger charge is 1.95. The summed E-state index contributed by atoms with van der Waals surface area (Å²) in [6, 6.07) is 2.92. The van der Waals surface area contributed by atoms with E-state index in [1.54, 1.807) is 12.3 Å². The Morgan fingerprint density at radius 3 is 2.82 bits per heavy atom. The van der Waals surface area contributed by atoms with E-state index in [1.807, 2.05) is 6.07 Å². The molecule has 0 aliphatic rings. The smallest absolute Gasteiger partial charge is 0.317 e. The quantitative estimate of drug-likeness (QED) is 0.747. The van der Waals surface area contributed by atoms with E-state index in [1.165, 1.54) is 0 Å². The molecule has 0 unspecified atom stereocenters. The molecule has 1 rings (SSSR count). The number of hydrogen-bond acceptors (Lipinski definition) is 2. The maximum Gasteiger partial charge on any atom is 0.317 e. The summed E-state index contributed by atoms with van der Waals surface area (Å²) in [7, 11) is 0. The number of rotatable bonds is 1. The molecular formula is C6H6IN3O. The van der Waals surface area contributed by atoms with Crippen LogP contribution in [0.1, 0.15) is 0 Å². The number of hydrogen-bond donors (Lipinski definition) is 2. The van der Waals surface area contributed by atoms with Crippen molar-refractivity contribution < 1.29 is 4.79 Å². The van der Waals surface area contributed by atoms with Crippen LogP contribution in [-0.2, 0) is 0 Å². The van der Waals surface area contributed by atoms with Gasteiger partial charge in [-0.15, -0.1) is 0 Å². The summed E-state index contributed by atoms with van der Waals surface area (Å²) in [5, 5.41) is 2.36. The Labute approximate surface area is 77.3 Å². The number of nitrogens with zero attached hydrogens (tertiary/aromatic N) is 1. The van der Waals surface area contributed by atoms with Gasteiger partial charge < -0.3 is 5.73 Å². The number of carbonyl (C=O) groups is 1. The van der Waals surface area contributed by atoms with E-state index in [4.69, 9.17) is 5.73 Å². The zero-order valence-electron chi connectivity index (χ0n) is 5.54. The van der Waals surface area contributed by atoms with Crippen LogP contribution in [0.3, 0.4) is 0 Å². The minimum absolute atomic E-state index is 0.470. The van der Waals surface area contributed by atoms with Crippen LogP contribution in [-0.4, -0.2) is 11.0 Å². The molecule has 0 saturated heterocycles. The Morgan fingerprint density at radius 2 is 2.36 bits per heavy atom. The van der Waals surface area contributed by atoms with Crippen molar-refractivity contribution >= 4 is 34.4 Å². The Hall–Kier alpha value is -0.850. The lowest BCUT2D eigenvalue weighted by Crippen LogP contribution is -2.19. The summed E-state index contributed by atoms with van der Waals surface area (Å²) >= 11 is 2.12. The maximum absolute atomic E-state index is 10.3. The number of urea groups is 1. The summed E-state index contributed by atoms with van der Waals surface area (Å²) in [5.74, 6) is 0.470. The molecule has 1 aromatic heterocycles. The molecule has 0 fully saturated rings. The van der Waals surface area contributed by atoms with E-state index in [9.17, 15) is 4.79 Å². The van der Waals surface area contributed by atoms with Gasteiger partial charge in [0.1, 0.15) is 5.82 Å². The highest BCUT2D eigenvalue weighted by Crippen LogP contribution is 2.05. The van der Waals surface area contributed by atoms with Crippen LogP contribution in [0, 0.1) is 3.57 Å². The Bertz CT molecular complexity index is 259. The lowest BCUT2D eigenvalue weighted by molar-refractivity contribution is 0.259. The molecule has 11 heavy (non-hydrogen) atoms. The van der Waals surface area contributed by atoms with Gasteiger partial charge in [-0.1, -0.05) is 0 Å². The van der Waals surface area contributed by atoms with E-state index >= 15 is 0 Å². The van der Waals surface area contributed by atoms with Crippen molar-refractivity contribution in [2.45, 2.75) is 0 Å². The number of pyridine rings is 1. The monoisotopic (exact) mass is 263 g/mol. The van der Waals surface area contributed by atoms with E-state index in [-0.39, 0.29) is 0 Å². The highest BCUT2D eigenvalue weighted by atomic mass is 127. The van der Waals surface area contributed by atoms with Crippen molar-refractivity contribution in [1.82, 2.24) is 4.98 Å².